The van der Waals surface area contributed by atoms with Crippen LogP contribution in [0.1, 0.15) is 126 Å². The predicted molar refractivity (Wildman–Crippen MR) is 295 cm³/mol. The summed E-state index contributed by atoms with van der Waals surface area (Å²) in [5.74, 6) is 1.72. The fraction of sp³-hybridized carbons (Fsp3) is 0.456. The van der Waals surface area contributed by atoms with Gasteiger partial charge in [-0.2, -0.15) is 8.78 Å². The number of hydrogen-bond acceptors (Lipinski definition) is 12. The van der Waals surface area contributed by atoms with Gasteiger partial charge in [-0.05, 0) is 111 Å². The summed E-state index contributed by atoms with van der Waals surface area (Å²) >= 11 is 0.927. The highest BCUT2D eigenvalue weighted by Gasteiger charge is 2.51. The minimum Gasteiger partial charge on any atom is -0.370 e. The van der Waals surface area contributed by atoms with Crippen molar-refractivity contribution >= 4 is 82.2 Å². The second-order valence-electron chi connectivity index (χ2n) is 21.4. The van der Waals surface area contributed by atoms with Gasteiger partial charge in [0, 0.05) is 79.4 Å². The third-order valence-electron chi connectivity index (χ3n) is 16.2. The maximum Gasteiger partial charge on any atom is 0.399 e. The van der Waals surface area contributed by atoms with Crippen LogP contribution in [0.3, 0.4) is 0 Å². The number of nitrogens with one attached hydrogen (secondary N) is 4. The molecule has 1 aromatic heterocycles. The van der Waals surface area contributed by atoms with E-state index in [4.69, 9.17) is 5.73 Å². The Kier molecular flexibility index (Phi) is 18.0. The highest BCUT2D eigenvalue weighted by atomic mass is 32.1. The lowest BCUT2D eigenvalue weighted by atomic mass is 9.91. The molecule has 21 nitrogen and oxygen atoms in total. The van der Waals surface area contributed by atoms with Crippen LogP contribution in [-0.4, -0.2) is 145 Å². The Bertz CT molecular complexity index is 3300. The molecule has 5 aliphatic rings. The topological polar surface area (TPSA) is 298 Å². The fourth-order valence-electron chi connectivity index (χ4n) is 11.6. The summed E-state index contributed by atoms with van der Waals surface area (Å²) in [6.07, 6.45) is 3.61. The number of primary amides is 1. The van der Waals surface area contributed by atoms with Crippen LogP contribution >= 0.6 is 18.9 Å². The number of alkyl halides is 2. The molecule has 8 N–H and O–H groups in total. The molecule has 25 heteroatoms. The van der Waals surface area contributed by atoms with Gasteiger partial charge in [0.15, 0.2) is 0 Å². The molecular weight excluding hydrogens is 1100 g/mol. The number of rotatable bonds is 17. The molecule has 0 radical (unpaired) electrons. The Morgan fingerprint density at radius 2 is 1.67 bits per heavy atom. The van der Waals surface area contributed by atoms with E-state index < -0.39 is 90.5 Å². The van der Waals surface area contributed by atoms with E-state index in [9.17, 15) is 66.3 Å². The number of nitrogens with zero attached hydrogens (tertiary/aromatic N) is 4. The van der Waals surface area contributed by atoms with Crippen molar-refractivity contribution in [2.75, 3.05) is 32.7 Å². The van der Waals surface area contributed by atoms with Crippen LogP contribution in [0.2, 0.25) is 0 Å². The first-order chi connectivity index (χ1) is 39.1. The number of carbonyl (C=O) groups is 9. The molecule has 0 spiro atoms. The van der Waals surface area contributed by atoms with Crippen molar-refractivity contribution in [3.63, 3.8) is 0 Å². The number of benzene rings is 3. The molecule has 5 aliphatic heterocycles. The first kappa shape index (κ1) is 59.2. The second-order valence-corrected chi connectivity index (χ2v) is 24.1. The number of carbonyl (C=O) groups excluding carboxylic acids is 9. The maximum absolute atomic E-state index is 14.7. The van der Waals surface area contributed by atoms with Crippen molar-refractivity contribution in [3.8, 4) is 11.8 Å². The largest absolute Gasteiger partial charge is 0.399 e. The van der Waals surface area contributed by atoms with E-state index in [1.807, 2.05) is 17.9 Å². The Hall–Kier alpha value is -7.42. The normalized spacial score (nSPS) is 21.5. The van der Waals surface area contributed by atoms with E-state index in [2.05, 4.69) is 33.1 Å². The molecular formula is C57H64F2N9O12PS. The van der Waals surface area contributed by atoms with Crippen molar-refractivity contribution in [3.05, 3.63) is 105 Å². The number of amides is 9. The number of halogens is 2. The molecule has 9 rings (SSSR count). The van der Waals surface area contributed by atoms with Crippen LogP contribution in [0, 0.1) is 17.8 Å². The lowest BCUT2D eigenvalue weighted by Gasteiger charge is -2.38. The summed E-state index contributed by atoms with van der Waals surface area (Å²) < 4.78 is 41.1. The molecule has 434 valence electrons. The number of piperidine rings is 2. The van der Waals surface area contributed by atoms with Crippen LogP contribution in [0.25, 0.3) is 10.1 Å². The van der Waals surface area contributed by atoms with Gasteiger partial charge in [-0.15, -0.1) is 11.3 Å². The van der Waals surface area contributed by atoms with Crippen molar-refractivity contribution < 1.29 is 66.3 Å². The van der Waals surface area contributed by atoms with Crippen LogP contribution in [0.15, 0.2) is 72.8 Å². The van der Waals surface area contributed by atoms with E-state index in [1.165, 1.54) is 21.9 Å². The lowest BCUT2D eigenvalue weighted by Crippen LogP contribution is -2.61. The highest BCUT2D eigenvalue weighted by Crippen LogP contribution is 2.59. The third-order valence-corrected chi connectivity index (χ3v) is 18.3. The number of nitrogens with two attached hydrogens (primary N) is 1. The maximum atomic E-state index is 14.7. The number of likely N-dealkylation sites (N-methyl/N-ethyl adjacent to an activating group) is 1. The lowest BCUT2D eigenvalue weighted by molar-refractivity contribution is -0.144. The molecule has 82 heavy (non-hydrogen) atoms. The van der Waals surface area contributed by atoms with Gasteiger partial charge in [0.25, 0.3) is 11.8 Å². The van der Waals surface area contributed by atoms with Gasteiger partial charge in [-0.3, -0.25) is 53.0 Å². The molecule has 9 amide bonds. The summed E-state index contributed by atoms with van der Waals surface area (Å²) in [4.78, 5) is 147. The molecule has 4 saturated heterocycles. The second kappa shape index (κ2) is 25.0. The van der Waals surface area contributed by atoms with Crippen molar-refractivity contribution in [1.82, 2.24) is 40.9 Å². The highest BCUT2D eigenvalue weighted by molar-refractivity contribution is 7.52. The minimum atomic E-state index is -5.87. The Morgan fingerprint density at radius 3 is 2.38 bits per heavy atom. The summed E-state index contributed by atoms with van der Waals surface area (Å²) in [6, 6.07) is 12.2. The Labute approximate surface area is 475 Å². The fourth-order valence-corrected chi connectivity index (χ4v) is 13.0. The monoisotopic (exact) mass is 1170 g/mol. The van der Waals surface area contributed by atoms with E-state index >= 15 is 0 Å². The zero-order valence-corrected chi connectivity index (χ0v) is 46.7. The predicted octanol–water partition coefficient (Wildman–Crippen LogP) is 3.75. The zero-order valence-electron chi connectivity index (χ0n) is 44.9. The Balaban J connectivity index is 0.837. The standard InChI is InChI=1S/C57H64F2N9O12PS/c1-2-65-26-25-38-16-18-44(68(38)55(76)42(32-65)62-53(74)46-30-36-29-37(15-20-45(36)82-46)57(58,59)81(78,79)80)52(73)61-41(17-21-47(60)69)50(71)64-49(35-11-4-3-5-12-35)56(77)66-27-23-33(24-28-66)9-6-7-10-34-13-8-14-39-40(34)31-67(54(39)75)43-19-22-48(70)63-51(43)72/h3-5,8,11-15,20,29-30,33,38,41-44,49H,2,6,9,16-19,21-28,31-32H2,1H3,(H2,60,69)(H,61,73)(H,62,74)(H,64,71)(H,63,70,72)(H2,78,79,80)/t38-,41+,42+,43?,44+,49+/m1/s1. The first-order valence-electron chi connectivity index (χ1n) is 27.4. The van der Waals surface area contributed by atoms with Gasteiger partial charge < -0.3 is 51.1 Å². The Morgan fingerprint density at radius 1 is 0.915 bits per heavy atom. The van der Waals surface area contributed by atoms with E-state index in [1.54, 1.807) is 47.4 Å². The number of hydrogen-bond donors (Lipinski definition) is 7. The number of fused-ring (bicyclic) bond motifs is 3. The molecule has 3 aromatic carbocycles. The van der Waals surface area contributed by atoms with Crippen molar-refractivity contribution in [2.24, 2.45) is 11.7 Å². The minimum absolute atomic E-state index is 0.0347. The van der Waals surface area contributed by atoms with Gasteiger partial charge >= 0.3 is 13.3 Å². The average molecular weight is 1170 g/mol. The molecule has 0 aliphatic carbocycles. The molecule has 1 unspecified atom stereocenters. The first-order valence-corrected chi connectivity index (χ1v) is 29.9. The third kappa shape index (κ3) is 12.9. The van der Waals surface area contributed by atoms with Gasteiger partial charge in [0.1, 0.15) is 30.2 Å². The number of imide groups is 1. The van der Waals surface area contributed by atoms with E-state index in [0.29, 0.717) is 79.7 Å². The van der Waals surface area contributed by atoms with Gasteiger partial charge in [0.05, 0.1) is 4.88 Å². The van der Waals surface area contributed by atoms with Crippen LogP contribution in [0.4, 0.5) is 8.78 Å². The summed E-state index contributed by atoms with van der Waals surface area (Å²) in [7, 11) is -5.87. The zero-order chi connectivity index (χ0) is 58.6. The van der Waals surface area contributed by atoms with Gasteiger partial charge in [-0.25, -0.2) is 0 Å². The van der Waals surface area contributed by atoms with Gasteiger partial charge in [-0.1, -0.05) is 61.2 Å². The smallest absolute Gasteiger partial charge is 0.370 e. The van der Waals surface area contributed by atoms with Crippen molar-refractivity contribution in [1.29, 1.82) is 0 Å². The van der Waals surface area contributed by atoms with Crippen LogP contribution in [-0.2, 0) is 50.3 Å². The summed E-state index contributed by atoms with van der Waals surface area (Å²) in [5, 5.41) is 10.8. The summed E-state index contributed by atoms with van der Waals surface area (Å²) in [6.45, 7) is 3.98. The van der Waals surface area contributed by atoms with Crippen LogP contribution in [0.5, 0.6) is 0 Å². The molecule has 4 aromatic rings. The number of likely N-dealkylation sites (tertiary alicyclic amines) is 1. The van der Waals surface area contributed by atoms with Crippen LogP contribution < -0.4 is 27.0 Å². The quantitative estimate of drug-likeness (QED) is 0.0451. The van der Waals surface area contributed by atoms with Crippen molar-refractivity contribution in [2.45, 2.75) is 126 Å². The summed E-state index contributed by atoms with van der Waals surface area (Å²) in [5.41, 5.74) is 2.54. The molecule has 0 bridgehead atoms. The molecule has 0 saturated carbocycles. The number of thiophene rings is 1. The van der Waals surface area contributed by atoms with Gasteiger partial charge in [0.2, 0.25) is 41.4 Å². The molecule has 6 atom stereocenters. The SMILES string of the molecule is CCN1CC[C@H]2CC[C@@H](C(=O)N[C@@H](CCC(N)=O)C(=O)N[C@H](C(=O)N3CCC(CCC#Cc4cccc5c4CN(C4CCC(=O)NC4=O)C5=O)CC3)c3ccccc3)N2C(=O)[C@@H](NC(=O)c2cc3cc(C(F)(F)P(=O)(O)O)ccc3s2)C1. The van der Waals surface area contributed by atoms with E-state index in [0.717, 1.165) is 35.5 Å². The molecule has 4 fully saturated rings. The molecule has 6 heterocycles. The van der Waals surface area contributed by atoms with E-state index in [-0.39, 0.29) is 79.1 Å². The average Bonchev–Trinajstić information content (AvgIpc) is 4.35.